The minimum atomic E-state index is -1.39. The molecule has 3 N–H and O–H groups in total. The van der Waals surface area contributed by atoms with E-state index in [4.69, 9.17) is 15.5 Å². The lowest BCUT2D eigenvalue weighted by Gasteiger charge is -1.93. The molecule has 0 aromatic carbocycles. The molecule has 0 rings (SSSR count). The number of hydrogen-bond acceptors (Lipinski definition) is 4. The first kappa shape index (κ1) is 9.97. The summed E-state index contributed by atoms with van der Waals surface area (Å²) in [6, 6.07) is 1.38. The molecule has 0 aliphatic carbocycles. The molecule has 0 saturated carbocycles. The van der Waals surface area contributed by atoms with Gasteiger partial charge in [-0.05, 0) is 0 Å². The van der Waals surface area contributed by atoms with E-state index in [1.165, 1.54) is 6.07 Å². The van der Waals surface area contributed by atoms with E-state index in [-0.39, 0.29) is 0 Å². The highest BCUT2D eigenvalue weighted by Gasteiger charge is 2.04. The summed E-state index contributed by atoms with van der Waals surface area (Å²) >= 11 is 0. The number of nitrogens with one attached hydrogen (secondary N) is 1. The van der Waals surface area contributed by atoms with Gasteiger partial charge in [-0.2, -0.15) is 5.26 Å². The summed E-state index contributed by atoms with van der Waals surface area (Å²) in [7, 11) is 0. The van der Waals surface area contributed by atoms with Gasteiger partial charge in [0, 0.05) is 6.20 Å². The third-order valence-corrected chi connectivity index (χ3v) is 0.851. The fraction of sp³-hybridized carbons (Fsp3) is 0.167. The molecule has 0 aliphatic rings. The van der Waals surface area contributed by atoms with Gasteiger partial charge in [-0.1, -0.05) is 0 Å². The third kappa shape index (κ3) is 3.90. The van der Waals surface area contributed by atoms with Crippen LogP contribution in [0.3, 0.4) is 0 Å². The van der Waals surface area contributed by atoms with Gasteiger partial charge in [0.25, 0.3) is 0 Å². The summed E-state index contributed by atoms with van der Waals surface area (Å²) in [6.07, 6.45) is 0.844. The number of nitrogens with zero attached hydrogens (tertiary/aromatic N) is 1. The van der Waals surface area contributed by atoms with Crippen LogP contribution in [-0.4, -0.2) is 28.7 Å². The summed E-state index contributed by atoms with van der Waals surface area (Å²) in [6.45, 7) is -0.418. The van der Waals surface area contributed by atoms with Crippen LogP contribution in [0.1, 0.15) is 0 Å². The highest BCUT2D eigenvalue weighted by atomic mass is 16.4. The van der Waals surface area contributed by atoms with Crippen molar-refractivity contribution < 1.29 is 19.8 Å². The van der Waals surface area contributed by atoms with Gasteiger partial charge in [0.05, 0.1) is 0 Å². The minimum Gasteiger partial charge on any atom is -0.480 e. The maximum absolute atomic E-state index is 10.1. The van der Waals surface area contributed by atoms with Gasteiger partial charge in [0.1, 0.15) is 12.6 Å². The SMILES string of the molecule is N#C/C(=C\NCC(=O)O)C(=O)O. The average Bonchev–Trinajstić information content (AvgIpc) is 1.96. The van der Waals surface area contributed by atoms with E-state index in [1.54, 1.807) is 0 Å². The van der Waals surface area contributed by atoms with Crippen molar-refractivity contribution in [3.63, 3.8) is 0 Å². The molecule has 0 spiro atoms. The van der Waals surface area contributed by atoms with E-state index in [2.05, 4.69) is 5.32 Å². The van der Waals surface area contributed by atoms with Gasteiger partial charge >= 0.3 is 11.9 Å². The Morgan fingerprint density at radius 1 is 1.50 bits per heavy atom. The van der Waals surface area contributed by atoms with E-state index in [1.807, 2.05) is 0 Å². The van der Waals surface area contributed by atoms with Crippen LogP contribution in [0.4, 0.5) is 0 Å². The van der Waals surface area contributed by atoms with Crippen LogP contribution in [0.15, 0.2) is 11.8 Å². The highest BCUT2D eigenvalue weighted by molar-refractivity contribution is 5.90. The molecule has 0 fully saturated rings. The first-order valence-electron chi connectivity index (χ1n) is 2.86. The summed E-state index contributed by atoms with van der Waals surface area (Å²) in [4.78, 5) is 20.0. The largest absolute Gasteiger partial charge is 0.480 e. The molecular formula is C6H6N2O4. The predicted octanol–water partition coefficient (Wildman–Crippen LogP) is -0.847. The van der Waals surface area contributed by atoms with Crippen molar-refractivity contribution in [1.29, 1.82) is 5.26 Å². The lowest BCUT2D eigenvalue weighted by molar-refractivity contribution is -0.136. The van der Waals surface area contributed by atoms with Crippen LogP contribution in [0.25, 0.3) is 0 Å². The van der Waals surface area contributed by atoms with Crippen LogP contribution >= 0.6 is 0 Å². The van der Waals surface area contributed by atoms with Crippen LogP contribution in [-0.2, 0) is 9.59 Å². The summed E-state index contributed by atoms with van der Waals surface area (Å²) in [5.74, 6) is -2.52. The fourth-order valence-corrected chi connectivity index (χ4v) is 0.382. The molecule has 0 atom stereocenters. The molecule has 0 aromatic rings. The van der Waals surface area contributed by atoms with Crippen LogP contribution in [0.5, 0.6) is 0 Å². The monoisotopic (exact) mass is 170 g/mol. The number of nitriles is 1. The van der Waals surface area contributed by atoms with E-state index in [0.717, 1.165) is 6.20 Å². The molecule has 0 aliphatic heterocycles. The maximum Gasteiger partial charge on any atom is 0.347 e. The Bertz CT molecular complexity index is 263. The molecule has 0 aromatic heterocycles. The predicted molar refractivity (Wildman–Crippen MR) is 37.0 cm³/mol. The second-order valence-electron chi connectivity index (χ2n) is 1.75. The minimum absolute atomic E-state index is 0.418. The number of carboxylic acids is 2. The van der Waals surface area contributed by atoms with Crippen LogP contribution in [0.2, 0.25) is 0 Å². The first-order valence-corrected chi connectivity index (χ1v) is 2.86. The standard InChI is InChI=1S/C6H6N2O4/c7-1-4(6(11)12)2-8-3-5(9)10/h2,8H,3H2,(H,9,10)(H,11,12)/b4-2+. The molecule has 0 unspecified atom stereocenters. The molecule has 64 valence electrons. The zero-order valence-corrected chi connectivity index (χ0v) is 5.94. The fourth-order valence-electron chi connectivity index (χ4n) is 0.382. The number of rotatable bonds is 4. The molecule has 0 radical (unpaired) electrons. The molecule has 6 nitrogen and oxygen atoms in total. The molecule has 12 heavy (non-hydrogen) atoms. The van der Waals surface area contributed by atoms with E-state index < -0.39 is 24.1 Å². The van der Waals surface area contributed by atoms with E-state index >= 15 is 0 Å². The zero-order valence-electron chi connectivity index (χ0n) is 5.94. The Hall–Kier alpha value is -2.03. The number of aliphatic carboxylic acids is 2. The summed E-state index contributed by atoms with van der Waals surface area (Å²) < 4.78 is 0. The van der Waals surface area contributed by atoms with Gasteiger partial charge in [-0.3, -0.25) is 4.79 Å². The van der Waals surface area contributed by atoms with Crippen molar-refractivity contribution in [1.82, 2.24) is 5.32 Å². The Morgan fingerprint density at radius 2 is 2.08 bits per heavy atom. The Morgan fingerprint density at radius 3 is 2.42 bits per heavy atom. The summed E-state index contributed by atoms with van der Waals surface area (Å²) in [5, 5.41) is 26.7. The van der Waals surface area contributed by atoms with Crippen molar-refractivity contribution in [3.05, 3.63) is 11.8 Å². The van der Waals surface area contributed by atoms with Crippen molar-refractivity contribution in [2.75, 3.05) is 6.54 Å². The molecule has 0 amide bonds. The normalized spacial score (nSPS) is 10.1. The average molecular weight is 170 g/mol. The number of carboxylic acid groups (broad SMARTS) is 2. The number of carbonyl (C=O) groups is 2. The quantitative estimate of drug-likeness (QED) is 0.374. The third-order valence-electron chi connectivity index (χ3n) is 0.851. The van der Waals surface area contributed by atoms with E-state index in [0.29, 0.717) is 0 Å². The van der Waals surface area contributed by atoms with Gasteiger partial charge in [-0.25, -0.2) is 4.79 Å². The smallest absolute Gasteiger partial charge is 0.347 e. The van der Waals surface area contributed by atoms with E-state index in [9.17, 15) is 9.59 Å². The molecule has 0 saturated heterocycles. The van der Waals surface area contributed by atoms with Gasteiger partial charge in [-0.15, -0.1) is 0 Å². The Balaban J connectivity index is 4.07. The van der Waals surface area contributed by atoms with Crippen molar-refractivity contribution >= 4 is 11.9 Å². The lowest BCUT2D eigenvalue weighted by Crippen LogP contribution is -2.18. The maximum atomic E-state index is 10.1. The van der Waals surface area contributed by atoms with Crippen molar-refractivity contribution in [3.8, 4) is 6.07 Å². The summed E-state index contributed by atoms with van der Waals surface area (Å²) in [5.41, 5.74) is -0.531. The highest BCUT2D eigenvalue weighted by Crippen LogP contribution is 1.87. The van der Waals surface area contributed by atoms with Crippen LogP contribution in [0, 0.1) is 11.3 Å². The van der Waals surface area contributed by atoms with Crippen molar-refractivity contribution in [2.45, 2.75) is 0 Å². The molecular weight excluding hydrogens is 164 g/mol. The van der Waals surface area contributed by atoms with Gasteiger partial charge < -0.3 is 15.5 Å². The Labute approximate surface area is 67.7 Å². The second kappa shape index (κ2) is 4.73. The van der Waals surface area contributed by atoms with Gasteiger partial charge in [0.15, 0.2) is 5.57 Å². The Kier molecular flexibility index (Phi) is 3.93. The zero-order chi connectivity index (χ0) is 9.56. The topological polar surface area (TPSA) is 110 Å². The lowest BCUT2D eigenvalue weighted by atomic mass is 10.3. The van der Waals surface area contributed by atoms with Crippen LogP contribution < -0.4 is 5.32 Å². The van der Waals surface area contributed by atoms with Crippen molar-refractivity contribution in [2.24, 2.45) is 0 Å². The van der Waals surface area contributed by atoms with Gasteiger partial charge in [0.2, 0.25) is 0 Å². The molecule has 0 bridgehead atoms. The molecule has 0 heterocycles. The second-order valence-corrected chi connectivity index (χ2v) is 1.75. The molecule has 6 heteroatoms. The number of hydrogen-bond donors (Lipinski definition) is 3. The first-order chi connectivity index (χ1) is 5.57.